The van der Waals surface area contributed by atoms with Crippen LogP contribution in [0.4, 0.5) is 0 Å². The van der Waals surface area contributed by atoms with E-state index in [4.69, 9.17) is 5.73 Å². The van der Waals surface area contributed by atoms with Crippen molar-refractivity contribution in [2.75, 3.05) is 13.1 Å². The van der Waals surface area contributed by atoms with Crippen LogP contribution in [0.3, 0.4) is 0 Å². The molecular weight excluding hydrogens is 284 g/mol. The number of rotatable bonds is 4. The van der Waals surface area contributed by atoms with Gasteiger partial charge in [0.25, 0.3) is 0 Å². The average molecular weight is 310 g/mol. The SMILES string of the molecule is Cc1cc(C)c(S(=O)(=O)N2CCCCC2CCN)c(C)c1. The topological polar surface area (TPSA) is 63.4 Å². The number of hydrogen-bond donors (Lipinski definition) is 1. The maximum absolute atomic E-state index is 13.1. The van der Waals surface area contributed by atoms with Crippen LogP contribution in [0.15, 0.2) is 17.0 Å². The lowest BCUT2D eigenvalue weighted by Gasteiger charge is -2.35. The average Bonchev–Trinajstić information content (AvgIpc) is 2.37. The second-order valence-corrected chi connectivity index (χ2v) is 7.90. The van der Waals surface area contributed by atoms with Crippen LogP contribution < -0.4 is 5.73 Å². The van der Waals surface area contributed by atoms with Crippen molar-refractivity contribution in [2.24, 2.45) is 5.73 Å². The fraction of sp³-hybridized carbons (Fsp3) is 0.625. The summed E-state index contributed by atoms with van der Waals surface area (Å²) in [4.78, 5) is 0.483. The predicted molar refractivity (Wildman–Crippen MR) is 85.9 cm³/mol. The monoisotopic (exact) mass is 310 g/mol. The number of nitrogens with zero attached hydrogens (tertiary/aromatic N) is 1. The molecule has 2 rings (SSSR count). The molecule has 118 valence electrons. The quantitative estimate of drug-likeness (QED) is 0.929. The minimum Gasteiger partial charge on any atom is -0.330 e. The molecule has 0 amide bonds. The van der Waals surface area contributed by atoms with Crippen LogP contribution in [0.2, 0.25) is 0 Å². The third-order valence-electron chi connectivity index (χ3n) is 4.24. The van der Waals surface area contributed by atoms with E-state index in [0.29, 0.717) is 18.0 Å². The highest BCUT2D eigenvalue weighted by atomic mass is 32.2. The zero-order valence-electron chi connectivity index (χ0n) is 13.2. The third kappa shape index (κ3) is 3.30. The largest absolute Gasteiger partial charge is 0.330 e. The minimum absolute atomic E-state index is 0.0499. The zero-order valence-corrected chi connectivity index (χ0v) is 14.0. The van der Waals surface area contributed by atoms with Gasteiger partial charge in [-0.15, -0.1) is 0 Å². The summed E-state index contributed by atoms with van der Waals surface area (Å²) in [5, 5.41) is 0. The normalized spacial score (nSPS) is 20.7. The molecule has 1 aromatic carbocycles. The molecular formula is C16H26N2O2S. The van der Waals surface area contributed by atoms with Crippen molar-refractivity contribution in [3.63, 3.8) is 0 Å². The Morgan fingerprint density at radius 3 is 2.38 bits per heavy atom. The summed E-state index contributed by atoms with van der Waals surface area (Å²) in [6, 6.07) is 3.94. The van der Waals surface area contributed by atoms with Crippen molar-refractivity contribution in [3.05, 3.63) is 28.8 Å². The van der Waals surface area contributed by atoms with E-state index in [-0.39, 0.29) is 6.04 Å². The molecule has 1 saturated heterocycles. The maximum Gasteiger partial charge on any atom is 0.243 e. The van der Waals surface area contributed by atoms with Gasteiger partial charge in [0, 0.05) is 12.6 Å². The fourth-order valence-electron chi connectivity index (χ4n) is 3.46. The molecule has 0 aromatic heterocycles. The Labute approximate surface area is 128 Å². The summed E-state index contributed by atoms with van der Waals surface area (Å²) in [5.74, 6) is 0. The van der Waals surface area contributed by atoms with Crippen molar-refractivity contribution in [3.8, 4) is 0 Å². The van der Waals surface area contributed by atoms with Gasteiger partial charge in [0.05, 0.1) is 4.90 Å². The van der Waals surface area contributed by atoms with E-state index in [0.717, 1.165) is 42.4 Å². The highest BCUT2D eigenvalue weighted by Gasteiger charge is 2.34. The van der Waals surface area contributed by atoms with Crippen molar-refractivity contribution >= 4 is 10.0 Å². The Bertz CT molecular complexity index is 586. The fourth-order valence-corrected chi connectivity index (χ4v) is 5.60. The molecule has 0 bridgehead atoms. The molecule has 1 atom stereocenters. The van der Waals surface area contributed by atoms with Gasteiger partial charge >= 0.3 is 0 Å². The first kappa shape index (κ1) is 16.5. The third-order valence-corrected chi connectivity index (χ3v) is 6.50. The molecule has 1 heterocycles. The summed E-state index contributed by atoms with van der Waals surface area (Å²) in [7, 11) is -3.43. The van der Waals surface area contributed by atoms with Crippen molar-refractivity contribution in [1.82, 2.24) is 4.31 Å². The van der Waals surface area contributed by atoms with Crippen molar-refractivity contribution in [2.45, 2.75) is 57.4 Å². The highest BCUT2D eigenvalue weighted by Crippen LogP contribution is 2.30. The molecule has 1 aliphatic heterocycles. The maximum atomic E-state index is 13.1. The van der Waals surface area contributed by atoms with Crippen LogP contribution in [0.25, 0.3) is 0 Å². The van der Waals surface area contributed by atoms with Crippen molar-refractivity contribution in [1.29, 1.82) is 0 Å². The van der Waals surface area contributed by atoms with Crippen LogP contribution in [-0.2, 0) is 10.0 Å². The standard InChI is InChI=1S/C16H26N2O2S/c1-12-10-13(2)16(14(3)11-12)21(19,20)18-9-5-4-6-15(18)7-8-17/h10-11,15H,4-9,17H2,1-3H3. The summed E-state index contributed by atoms with van der Waals surface area (Å²) >= 11 is 0. The summed E-state index contributed by atoms with van der Waals surface area (Å²) < 4.78 is 27.9. The van der Waals surface area contributed by atoms with Gasteiger partial charge in [-0.1, -0.05) is 24.1 Å². The molecule has 1 aliphatic rings. The van der Waals surface area contributed by atoms with Gasteiger partial charge in [0.15, 0.2) is 0 Å². The van der Waals surface area contributed by atoms with Gasteiger partial charge in [-0.2, -0.15) is 4.31 Å². The van der Waals surface area contributed by atoms with Crippen molar-refractivity contribution < 1.29 is 8.42 Å². The molecule has 1 unspecified atom stereocenters. The van der Waals surface area contributed by atoms with E-state index in [1.54, 1.807) is 4.31 Å². The molecule has 0 spiro atoms. The van der Waals surface area contributed by atoms with E-state index in [1.807, 2.05) is 32.9 Å². The molecule has 5 heteroatoms. The molecule has 0 aliphatic carbocycles. The summed E-state index contributed by atoms with van der Waals surface area (Å²) in [5.41, 5.74) is 8.44. The van der Waals surface area contributed by atoms with Gasteiger partial charge < -0.3 is 5.73 Å². The molecule has 1 fully saturated rings. The lowest BCUT2D eigenvalue weighted by Crippen LogP contribution is -2.44. The van der Waals surface area contributed by atoms with Gasteiger partial charge in [0.2, 0.25) is 10.0 Å². The summed E-state index contributed by atoms with van der Waals surface area (Å²) in [6.45, 7) is 6.90. The lowest BCUT2D eigenvalue weighted by molar-refractivity contribution is 0.243. The van der Waals surface area contributed by atoms with Gasteiger partial charge in [0.1, 0.15) is 0 Å². The van der Waals surface area contributed by atoms with E-state index in [2.05, 4.69) is 0 Å². The summed E-state index contributed by atoms with van der Waals surface area (Å²) in [6.07, 6.45) is 3.68. The number of hydrogen-bond acceptors (Lipinski definition) is 3. The molecule has 21 heavy (non-hydrogen) atoms. The number of benzene rings is 1. The van der Waals surface area contributed by atoms with E-state index in [9.17, 15) is 8.42 Å². The Kier molecular flexibility index (Phi) is 5.07. The van der Waals surface area contributed by atoms with Gasteiger partial charge in [-0.05, 0) is 57.7 Å². The number of sulfonamides is 1. The Balaban J connectivity index is 2.45. The zero-order chi connectivity index (χ0) is 15.6. The molecule has 4 nitrogen and oxygen atoms in total. The number of nitrogens with two attached hydrogens (primary N) is 1. The van der Waals surface area contributed by atoms with Crippen LogP contribution in [0.5, 0.6) is 0 Å². The van der Waals surface area contributed by atoms with Crippen LogP contribution in [0.1, 0.15) is 42.4 Å². The Morgan fingerprint density at radius 2 is 1.81 bits per heavy atom. The highest BCUT2D eigenvalue weighted by molar-refractivity contribution is 7.89. The smallest absolute Gasteiger partial charge is 0.243 e. The Morgan fingerprint density at radius 1 is 1.19 bits per heavy atom. The Hall–Kier alpha value is -0.910. The van der Waals surface area contributed by atoms with Crippen LogP contribution in [0, 0.1) is 20.8 Å². The molecule has 1 aromatic rings. The first-order valence-electron chi connectivity index (χ1n) is 7.67. The van der Waals surface area contributed by atoms with E-state index in [1.165, 1.54) is 0 Å². The molecule has 0 radical (unpaired) electrons. The van der Waals surface area contributed by atoms with Gasteiger partial charge in [-0.25, -0.2) is 8.42 Å². The van der Waals surface area contributed by atoms with Crippen LogP contribution in [-0.4, -0.2) is 31.9 Å². The second-order valence-electron chi connectivity index (χ2n) is 6.07. The lowest BCUT2D eigenvalue weighted by atomic mass is 10.0. The number of aryl methyl sites for hydroxylation is 3. The molecule has 0 saturated carbocycles. The van der Waals surface area contributed by atoms with E-state index >= 15 is 0 Å². The van der Waals surface area contributed by atoms with Crippen LogP contribution >= 0.6 is 0 Å². The first-order chi connectivity index (χ1) is 9.87. The predicted octanol–water partition coefficient (Wildman–Crippen LogP) is 2.50. The minimum atomic E-state index is -3.43. The van der Waals surface area contributed by atoms with E-state index < -0.39 is 10.0 Å². The second kappa shape index (κ2) is 6.46. The van der Waals surface area contributed by atoms with Gasteiger partial charge in [-0.3, -0.25) is 0 Å². The first-order valence-corrected chi connectivity index (χ1v) is 9.11. The molecule has 2 N–H and O–H groups in total. The number of piperidine rings is 1.